The molecule has 43 heavy (non-hydrogen) atoms. The van der Waals surface area contributed by atoms with Gasteiger partial charge in [-0.1, -0.05) is 0 Å². The second-order valence-electron chi connectivity index (χ2n) is 10.5. The fraction of sp³-hybridized carbons (Fsp3) is 0. The first-order chi connectivity index (χ1) is 21.4. The Morgan fingerprint density at radius 1 is 0.372 bits per heavy atom. The molecule has 2 heterocycles. The first kappa shape index (κ1) is 25.6. The molecular weight excluding hydrogens is 589 g/mol. The van der Waals surface area contributed by atoms with E-state index in [1.54, 1.807) is 0 Å². The van der Waals surface area contributed by atoms with E-state index >= 15 is 0 Å². The van der Waals surface area contributed by atoms with Crippen LogP contribution in [0, 0.1) is 0 Å². The van der Waals surface area contributed by atoms with E-state index in [-0.39, 0.29) is 14.5 Å². The van der Waals surface area contributed by atoms with Gasteiger partial charge in [-0.15, -0.1) is 0 Å². The number of benzene rings is 6. The van der Waals surface area contributed by atoms with Crippen LogP contribution in [0.5, 0.6) is 0 Å². The molecule has 0 saturated heterocycles. The van der Waals surface area contributed by atoms with Crippen LogP contribution in [0.25, 0.3) is 75.2 Å². The van der Waals surface area contributed by atoms with Crippen molar-refractivity contribution >= 4 is 33.8 Å². The summed E-state index contributed by atoms with van der Waals surface area (Å²) in [5, 5.41) is 16.4. The fourth-order valence-electron chi connectivity index (χ4n) is 6.05. The van der Waals surface area contributed by atoms with Gasteiger partial charge in [-0.2, -0.15) is 0 Å². The van der Waals surface area contributed by atoms with E-state index in [9.17, 15) is 0 Å². The molecule has 3 nitrogen and oxygen atoms in total. The normalized spacial score (nSPS) is 11.3. The minimum absolute atomic E-state index is 0.247. The van der Waals surface area contributed by atoms with Crippen LogP contribution in [-0.2, 0) is 0 Å². The molecule has 0 spiro atoms. The molecule has 0 aliphatic heterocycles. The van der Waals surface area contributed by atoms with Crippen molar-refractivity contribution in [3.05, 3.63) is 152 Å². The average molecular weight is 615 g/mol. The van der Waals surface area contributed by atoms with Crippen LogP contribution in [0.15, 0.2) is 152 Å². The van der Waals surface area contributed by atoms with Crippen molar-refractivity contribution in [1.29, 1.82) is 0 Å². The summed E-state index contributed by atoms with van der Waals surface area (Å²) in [5.41, 5.74) is 10.5. The Morgan fingerprint density at radius 2 is 0.953 bits per heavy atom. The van der Waals surface area contributed by atoms with Gasteiger partial charge < -0.3 is 0 Å². The third kappa shape index (κ3) is 4.49. The van der Waals surface area contributed by atoms with E-state index in [1.807, 2.05) is 24.3 Å². The van der Waals surface area contributed by atoms with Gasteiger partial charge in [0.05, 0.1) is 0 Å². The van der Waals surface area contributed by atoms with Gasteiger partial charge in [-0.05, 0) is 0 Å². The molecular formula is C39H25N3Se. The maximum absolute atomic E-state index is 4.78. The first-order valence-electron chi connectivity index (χ1n) is 14.3. The van der Waals surface area contributed by atoms with Crippen LogP contribution in [0.3, 0.4) is 0 Å². The molecule has 0 aliphatic carbocycles. The zero-order chi connectivity index (χ0) is 28.6. The van der Waals surface area contributed by atoms with Gasteiger partial charge in [-0.3, -0.25) is 0 Å². The molecule has 0 bridgehead atoms. The van der Waals surface area contributed by atoms with E-state index in [4.69, 9.17) is 5.10 Å². The van der Waals surface area contributed by atoms with E-state index in [0.717, 1.165) is 39.2 Å². The quantitative estimate of drug-likeness (QED) is 0.181. The summed E-state index contributed by atoms with van der Waals surface area (Å²) in [4.78, 5) is 0. The summed E-state index contributed by atoms with van der Waals surface area (Å²) in [6.45, 7) is 0. The molecule has 0 N–H and O–H groups in total. The predicted molar refractivity (Wildman–Crippen MR) is 179 cm³/mol. The minimum atomic E-state index is 0.247. The molecule has 0 fully saturated rings. The van der Waals surface area contributed by atoms with Crippen LogP contribution >= 0.6 is 0 Å². The maximum atomic E-state index is 4.78. The number of fused-ring (bicyclic) bond motifs is 3. The van der Waals surface area contributed by atoms with Crippen molar-refractivity contribution < 1.29 is 0 Å². The number of aromatic nitrogens is 3. The Labute approximate surface area is 255 Å². The van der Waals surface area contributed by atoms with E-state index in [0.29, 0.717) is 0 Å². The molecule has 0 aliphatic rings. The molecule has 0 radical (unpaired) electrons. The van der Waals surface area contributed by atoms with Crippen LogP contribution in [0.2, 0.25) is 0 Å². The second-order valence-corrected chi connectivity index (χ2v) is 12.7. The number of hydrogen-bond donors (Lipinski definition) is 0. The predicted octanol–water partition coefficient (Wildman–Crippen LogP) is 9.57. The third-order valence-electron chi connectivity index (χ3n) is 7.95. The molecule has 8 rings (SSSR count). The van der Waals surface area contributed by atoms with Crippen molar-refractivity contribution in [3.8, 4) is 55.9 Å². The fourth-order valence-corrected chi connectivity index (χ4v) is 8.39. The Bertz CT molecular complexity index is 2220. The van der Waals surface area contributed by atoms with Gasteiger partial charge in [0.25, 0.3) is 0 Å². The first-order valence-corrected chi connectivity index (χ1v) is 16.0. The zero-order valence-electron chi connectivity index (χ0n) is 23.2. The van der Waals surface area contributed by atoms with Crippen molar-refractivity contribution in [2.24, 2.45) is 0 Å². The zero-order valence-corrected chi connectivity index (χ0v) is 24.9. The molecule has 4 heteroatoms. The van der Waals surface area contributed by atoms with Gasteiger partial charge >= 0.3 is 257 Å². The Kier molecular flexibility index (Phi) is 6.49. The van der Waals surface area contributed by atoms with Gasteiger partial charge in [0, 0.05) is 0 Å². The summed E-state index contributed by atoms with van der Waals surface area (Å²) >= 11 is 0.247. The van der Waals surface area contributed by atoms with Crippen molar-refractivity contribution in [3.63, 3.8) is 0 Å². The molecule has 0 amide bonds. The Balaban J connectivity index is 1.49. The summed E-state index contributed by atoms with van der Waals surface area (Å²) in [6, 6.07) is 53.6. The SMILES string of the molecule is c1ccc(-c2ccc3[se]c4ccccc4c3c2-c2ccccc2-c2nnnc(-c3ccccc3)c2-c2ccccc2)cc1. The molecule has 2 aromatic heterocycles. The van der Waals surface area contributed by atoms with Crippen LogP contribution in [0.1, 0.15) is 0 Å². The molecule has 8 aromatic rings. The molecule has 0 atom stereocenters. The number of rotatable bonds is 5. The molecule has 0 saturated carbocycles. The number of hydrogen-bond acceptors (Lipinski definition) is 3. The summed E-state index contributed by atoms with van der Waals surface area (Å²) in [6.07, 6.45) is 0. The monoisotopic (exact) mass is 615 g/mol. The van der Waals surface area contributed by atoms with Gasteiger partial charge in [-0.25, -0.2) is 0 Å². The van der Waals surface area contributed by atoms with Crippen LogP contribution in [-0.4, -0.2) is 29.9 Å². The van der Waals surface area contributed by atoms with Crippen LogP contribution in [0.4, 0.5) is 0 Å². The average Bonchev–Trinajstić information content (AvgIpc) is 3.47. The molecule has 0 unspecified atom stereocenters. The third-order valence-corrected chi connectivity index (χ3v) is 10.3. The van der Waals surface area contributed by atoms with Crippen molar-refractivity contribution in [2.45, 2.75) is 0 Å². The second kappa shape index (κ2) is 10.9. The Morgan fingerprint density at radius 3 is 1.70 bits per heavy atom. The molecule has 6 aromatic carbocycles. The molecule has 202 valence electrons. The Hall–Kier alpha value is -5.15. The van der Waals surface area contributed by atoms with Crippen molar-refractivity contribution in [1.82, 2.24) is 15.4 Å². The van der Waals surface area contributed by atoms with Crippen molar-refractivity contribution in [2.75, 3.05) is 0 Å². The van der Waals surface area contributed by atoms with E-state index < -0.39 is 0 Å². The van der Waals surface area contributed by atoms with E-state index in [2.05, 4.69) is 138 Å². The van der Waals surface area contributed by atoms with Crippen LogP contribution < -0.4 is 0 Å². The number of nitrogens with zero attached hydrogens (tertiary/aromatic N) is 3. The van der Waals surface area contributed by atoms with Gasteiger partial charge in [0.15, 0.2) is 0 Å². The summed E-state index contributed by atoms with van der Waals surface area (Å²) < 4.78 is 2.83. The topological polar surface area (TPSA) is 38.7 Å². The van der Waals surface area contributed by atoms with E-state index in [1.165, 1.54) is 36.0 Å². The summed E-state index contributed by atoms with van der Waals surface area (Å²) in [5.74, 6) is 0. The standard InChI is InChI=1S/C39H25N3Se/c1-4-14-26(15-5-1)29-24-25-34-37(32-22-12-13-23-33(32)43-34)36(29)30-20-10-11-21-31(30)39-35(27-16-6-2-7-17-27)38(40-42-41-39)28-18-8-3-9-19-28/h1-25H. The van der Waals surface area contributed by atoms with Gasteiger partial charge in [0.1, 0.15) is 0 Å². The summed E-state index contributed by atoms with van der Waals surface area (Å²) in [7, 11) is 0. The van der Waals surface area contributed by atoms with Gasteiger partial charge in [0.2, 0.25) is 0 Å².